The number of furan rings is 1. The number of carbonyl (C=O) groups is 2. The molecule has 1 aromatic rings. The van der Waals surface area contributed by atoms with Crippen molar-refractivity contribution in [2.45, 2.75) is 70.9 Å². The van der Waals surface area contributed by atoms with Crippen molar-refractivity contribution >= 4 is 11.9 Å². The third-order valence-corrected chi connectivity index (χ3v) is 6.34. The fourth-order valence-corrected chi connectivity index (χ4v) is 5.74. The molecule has 4 aliphatic carbocycles. The van der Waals surface area contributed by atoms with E-state index in [1.54, 1.807) is 26.8 Å². The summed E-state index contributed by atoms with van der Waals surface area (Å²) < 4.78 is 10.8. The van der Waals surface area contributed by atoms with Crippen LogP contribution < -0.4 is 5.32 Å². The van der Waals surface area contributed by atoms with Gasteiger partial charge in [0.05, 0.1) is 0 Å². The topological polar surface area (TPSA) is 68.5 Å². The third kappa shape index (κ3) is 3.09. The molecule has 25 heavy (non-hydrogen) atoms. The number of esters is 1. The minimum atomic E-state index is -0.796. The highest BCUT2D eigenvalue weighted by atomic mass is 16.5. The summed E-state index contributed by atoms with van der Waals surface area (Å²) in [7, 11) is 0. The zero-order chi connectivity index (χ0) is 17.8. The van der Waals surface area contributed by atoms with E-state index < -0.39 is 12.1 Å². The molecule has 1 amide bonds. The lowest BCUT2D eigenvalue weighted by Crippen LogP contribution is -2.61. The van der Waals surface area contributed by atoms with Gasteiger partial charge in [-0.05, 0) is 83.1 Å². The molecule has 0 aliphatic heterocycles. The van der Waals surface area contributed by atoms with Gasteiger partial charge >= 0.3 is 5.97 Å². The van der Waals surface area contributed by atoms with Crippen molar-refractivity contribution in [3.63, 3.8) is 0 Å². The van der Waals surface area contributed by atoms with Gasteiger partial charge in [0.1, 0.15) is 17.1 Å². The Morgan fingerprint density at radius 2 is 1.72 bits per heavy atom. The summed E-state index contributed by atoms with van der Waals surface area (Å²) in [6, 6.07) is 1.65. The van der Waals surface area contributed by atoms with Crippen molar-refractivity contribution in [1.82, 2.24) is 5.32 Å². The number of ether oxygens (including phenoxy) is 1. The van der Waals surface area contributed by atoms with Gasteiger partial charge in [-0.2, -0.15) is 0 Å². The van der Waals surface area contributed by atoms with Crippen LogP contribution in [0.2, 0.25) is 0 Å². The van der Waals surface area contributed by atoms with Crippen LogP contribution in [-0.2, 0) is 9.53 Å². The van der Waals surface area contributed by atoms with E-state index in [1.165, 1.54) is 19.3 Å². The quantitative estimate of drug-likeness (QED) is 0.848. The molecule has 1 aromatic heterocycles. The number of nitrogens with one attached hydrogen (secondary N) is 1. The van der Waals surface area contributed by atoms with Crippen molar-refractivity contribution in [2.75, 3.05) is 0 Å². The molecule has 0 saturated heterocycles. The van der Waals surface area contributed by atoms with E-state index in [1.807, 2.05) is 0 Å². The van der Waals surface area contributed by atoms with Gasteiger partial charge in [0, 0.05) is 5.54 Å². The lowest BCUT2D eigenvalue weighted by molar-refractivity contribution is -0.134. The van der Waals surface area contributed by atoms with Crippen LogP contribution in [0.15, 0.2) is 10.5 Å². The van der Waals surface area contributed by atoms with E-state index in [2.05, 4.69) is 5.32 Å². The Bertz CT molecular complexity index is 669. The van der Waals surface area contributed by atoms with Gasteiger partial charge in [0.15, 0.2) is 6.10 Å². The van der Waals surface area contributed by atoms with Crippen LogP contribution in [0.4, 0.5) is 0 Å². The summed E-state index contributed by atoms with van der Waals surface area (Å²) in [5.74, 6) is 2.81. The predicted octanol–water partition coefficient (Wildman–Crippen LogP) is 3.53. The van der Waals surface area contributed by atoms with Gasteiger partial charge in [0.25, 0.3) is 5.91 Å². The van der Waals surface area contributed by atoms with Crippen LogP contribution >= 0.6 is 0 Å². The second kappa shape index (κ2) is 5.89. The smallest absolute Gasteiger partial charge is 0.342 e. The largest absolute Gasteiger partial charge is 0.466 e. The van der Waals surface area contributed by atoms with E-state index in [4.69, 9.17) is 9.15 Å². The summed E-state index contributed by atoms with van der Waals surface area (Å²) in [5.41, 5.74) is 0.334. The molecule has 4 aliphatic rings. The van der Waals surface area contributed by atoms with Crippen LogP contribution in [0, 0.1) is 31.6 Å². The minimum absolute atomic E-state index is 0.0609. The fraction of sp³-hybridized carbons (Fsp3) is 0.700. The third-order valence-electron chi connectivity index (χ3n) is 6.34. The average Bonchev–Trinajstić information content (AvgIpc) is 2.84. The predicted molar refractivity (Wildman–Crippen MR) is 92.1 cm³/mol. The Morgan fingerprint density at radius 1 is 1.16 bits per heavy atom. The Morgan fingerprint density at radius 3 is 2.20 bits per heavy atom. The van der Waals surface area contributed by atoms with Gasteiger partial charge in [-0.1, -0.05) is 0 Å². The standard InChI is InChI=1S/C20H27NO4/c1-11-4-17(12(2)24-11)19(23)25-13(3)18(22)21-20-8-14-5-15(9-20)7-16(6-14)10-20/h4,13-16H,5-10H2,1-3H3,(H,21,22)/t13-,14?,15?,16?,20?/m0/s1. The first kappa shape index (κ1) is 16.7. The van der Waals surface area contributed by atoms with E-state index >= 15 is 0 Å². The number of rotatable bonds is 4. The Balaban J connectivity index is 1.39. The maximum absolute atomic E-state index is 12.7. The van der Waals surface area contributed by atoms with Gasteiger partial charge < -0.3 is 14.5 Å². The molecular formula is C20H27NO4. The molecule has 1 atom stereocenters. The lowest BCUT2D eigenvalue weighted by Gasteiger charge is -2.57. The summed E-state index contributed by atoms with van der Waals surface area (Å²) in [6.07, 6.45) is 6.47. The minimum Gasteiger partial charge on any atom is -0.466 e. The van der Waals surface area contributed by atoms with Crippen LogP contribution in [-0.4, -0.2) is 23.5 Å². The average molecular weight is 345 g/mol. The molecule has 136 valence electrons. The molecule has 0 aromatic carbocycles. The highest BCUT2D eigenvalue weighted by Crippen LogP contribution is 2.55. The van der Waals surface area contributed by atoms with Crippen LogP contribution in [0.1, 0.15) is 67.3 Å². The maximum Gasteiger partial charge on any atom is 0.342 e. The zero-order valence-corrected chi connectivity index (χ0v) is 15.3. The number of hydrogen-bond donors (Lipinski definition) is 1. The number of amides is 1. The van der Waals surface area contributed by atoms with Gasteiger partial charge in [-0.25, -0.2) is 4.79 Å². The van der Waals surface area contributed by atoms with Crippen LogP contribution in [0.3, 0.4) is 0 Å². The SMILES string of the molecule is Cc1cc(C(=O)O[C@@H](C)C(=O)NC23CC4CC(CC(C4)C2)C3)c(C)o1. The Labute approximate surface area is 148 Å². The lowest BCUT2D eigenvalue weighted by atomic mass is 9.53. The highest BCUT2D eigenvalue weighted by Gasteiger charge is 2.51. The highest BCUT2D eigenvalue weighted by molar-refractivity contribution is 5.93. The maximum atomic E-state index is 12.7. The fourth-order valence-electron chi connectivity index (χ4n) is 5.74. The first-order chi connectivity index (χ1) is 11.8. The van der Waals surface area contributed by atoms with E-state index in [0.29, 0.717) is 17.1 Å². The normalized spacial score (nSPS) is 34.0. The monoisotopic (exact) mass is 345 g/mol. The molecule has 0 radical (unpaired) electrons. The van der Waals surface area contributed by atoms with Crippen molar-refractivity contribution in [2.24, 2.45) is 17.8 Å². The zero-order valence-electron chi connectivity index (χ0n) is 15.3. The first-order valence-corrected chi connectivity index (χ1v) is 9.43. The van der Waals surface area contributed by atoms with E-state index in [-0.39, 0.29) is 11.4 Å². The molecule has 0 unspecified atom stereocenters. The number of aryl methyl sites for hydroxylation is 2. The van der Waals surface area contributed by atoms with Gasteiger partial charge in [0.2, 0.25) is 0 Å². The number of hydrogen-bond acceptors (Lipinski definition) is 4. The molecule has 5 heteroatoms. The first-order valence-electron chi connectivity index (χ1n) is 9.43. The van der Waals surface area contributed by atoms with Crippen molar-refractivity contribution in [1.29, 1.82) is 0 Å². The van der Waals surface area contributed by atoms with Gasteiger partial charge in [-0.3, -0.25) is 4.79 Å². The Kier molecular flexibility index (Phi) is 3.93. The van der Waals surface area contributed by atoms with Crippen LogP contribution in [0.5, 0.6) is 0 Å². The molecule has 4 bridgehead atoms. The number of carbonyl (C=O) groups excluding carboxylic acids is 2. The Hall–Kier alpha value is -1.78. The molecule has 1 N–H and O–H groups in total. The summed E-state index contributed by atoms with van der Waals surface area (Å²) >= 11 is 0. The summed E-state index contributed by atoms with van der Waals surface area (Å²) in [5, 5.41) is 3.26. The molecule has 1 heterocycles. The molecule has 4 fully saturated rings. The molecule has 5 rings (SSSR count). The van der Waals surface area contributed by atoms with E-state index in [9.17, 15) is 9.59 Å². The summed E-state index contributed by atoms with van der Waals surface area (Å²) in [4.78, 5) is 25.0. The molecular weight excluding hydrogens is 318 g/mol. The van der Waals surface area contributed by atoms with Crippen molar-refractivity contribution < 1.29 is 18.7 Å². The van der Waals surface area contributed by atoms with E-state index in [0.717, 1.165) is 37.0 Å². The molecule has 4 saturated carbocycles. The van der Waals surface area contributed by atoms with Crippen molar-refractivity contribution in [3.8, 4) is 0 Å². The second-order valence-corrected chi connectivity index (χ2v) is 8.56. The second-order valence-electron chi connectivity index (χ2n) is 8.56. The molecule has 5 nitrogen and oxygen atoms in total. The molecule has 0 spiro atoms. The summed E-state index contributed by atoms with van der Waals surface area (Å²) in [6.45, 7) is 5.16. The van der Waals surface area contributed by atoms with Crippen LogP contribution in [0.25, 0.3) is 0 Å². The van der Waals surface area contributed by atoms with Gasteiger partial charge in [-0.15, -0.1) is 0 Å². The van der Waals surface area contributed by atoms with Crippen molar-refractivity contribution in [3.05, 3.63) is 23.2 Å².